The van der Waals surface area contributed by atoms with Gasteiger partial charge >= 0.3 is 6.09 Å². The predicted molar refractivity (Wildman–Crippen MR) is 83.5 cm³/mol. The number of fused-ring (bicyclic) bond motifs is 1. The number of hydrogen-bond acceptors (Lipinski definition) is 4. The van der Waals surface area contributed by atoms with Gasteiger partial charge in [-0.15, -0.1) is 0 Å². The van der Waals surface area contributed by atoms with Crippen LogP contribution in [0.4, 0.5) is 10.5 Å². The van der Waals surface area contributed by atoms with Crippen LogP contribution in [0.2, 0.25) is 0 Å². The number of anilines is 1. The number of ether oxygens (including phenoxy) is 1. The van der Waals surface area contributed by atoms with Crippen LogP contribution in [-0.2, 0) is 4.79 Å². The molecule has 0 unspecified atom stereocenters. The van der Waals surface area contributed by atoms with Crippen molar-refractivity contribution in [2.45, 2.75) is 38.8 Å². The third-order valence-corrected chi connectivity index (χ3v) is 4.73. The molecule has 1 aromatic rings. The minimum atomic E-state index is -1.09. The third-order valence-electron chi connectivity index (χ3n) is 4.73. The van der Waals surface area contributed by atoms with Crippen molar-refractivity contribution in [1.82, 2.24) is 10.3 Å². The number of rotatable bonds is 3. The Balaban J connectivity index is 2.13. The van der Waals surface area contributed by atoms with Crippen molar-refractivity contribution in [3.63, 3.8) is 0 Å². The first-order valence-electron chi connectivity index (χ1n) is 7.78. The number of aromatic nitrogens is 1. The summed E-state index contributed by atoms with van der Waals surface area (Å²) in [6.45, 7) is 3.52. The van der Waals surface area contributed by atoms with Crippen LogP contribution in [0.15, 0.2) is 12.1 Å². The van der Waals surface area contributed by atoms with Crippen LogP contribution in [-0.4, -0.2) is 35.2 Å². The molecule has 0 bridgehead atoms. The smallest absolute Gasteiger partial charge is 0.405 e. The monoisotopic (exact) mass is 319 g/mol. The molecule has 7 heteroatoms. The van der Waals surface area contributed by atoms with E-state index in [1.807, 2.05) is 6.92 Å². The number of carboxylic acid groups (broad SMARTS) is 1. The van der Waals surface area contributed by atoms with E-state index in [9.17, 15) is 14.7 Å². The van der Waals surface area contributed by atoms with Gasteiger partial charge in [-0.05, 0) is 24.8 Å². The van der Waals surface area contributed by atoms with Gasteiger partial charge in [0.15, 0.2) is 0 Å². The third kappa shape index (κ3) is 2.71. The molecular weight excluding hydrogens is 298 g/mol. The molecule has 1 aromatic heterocycles. The zero-order valence-electron chi connectivity index (χ0n) is 13.4. The van der Waals surface area contributed by atoms with Crippen molar-refractivity contribution < 1.29 is 19.4 Å². The van der Waals surface area contributed by atoms with Crippen LogP contribution in [0.3, 0.4) is 0 Å². The molecule has 23 heavy (non-hydrogen) atoms. The van der Waals surface area contributed by atoms with Crippen LogP contribution in [0.1, 0.15) is 38.4 Å². The first kappa shape index (κ1) is 15.6. The largest absolute Gasteiger partial charge is 0.481 e. The minimum Gasteiger partial charge on any atom is -0.481 e. The Hall–Kier alpha value is -2.31. The lowest BCUT2D eigenvalue weighted by Gasteiger charge is -2.44. The van der Waals surface area contributed by atoms with E-state index in [0.29, 0.717) is 23.2 Å². The summed E-state index contributed by atoms with van der Waals surface area (Å²) in [5.41, 5.74) is 1.22. The summed E-state index contributed by atoms with van der Waals surface area (Å²) in [5, 5.41) is 11.8. The highest BCUT2D eigenvalue weighted by atomic mass is 16.5. The predicted octanol–water partition coefficient (Wildman–Crippen LogP) is 2.18. The lowest BCUT2D eigenvalue weighted by molar-refractivity contribution is -0.117. The summed E-state index contributed by atoms with van der Waals surface area (Å²) in [6, 6.07) is 3.03. The SMILES string of the molecule is COc1ccc2c(n1)[C@H](NC(=O)O)[C@@H](C)[C@@H](C1CC1)N2C(C)=O. The standard InChI is InChI=1S/C16H21N3O4/c1-8-13(18-16(21)22)14-11(6-7-12(17-14)23-3)19(9(2)20)15(8)10-4-5-10/h6-8,10,13,15,18H,4-5H2,1-3H3,(H,21,22)/t8-,13-,15+/m1/s1. The summed E-state index contributed by atoms with van der Waals surface area (Å²) in [6.07, 6.45) is 1.04. The number of carbonyl (C=O) groups excluding carboxylic acids is 1. The topological polar surface area (TPSA) is 91.8 Å². The Morgan fingerprint density at radius 1 is 1.39 bits per heavy atom. The maximum absolute atomic E-state index is 12.3. The zero-order valence-corrected chi connectivity index (χ0v) is 13.4. The Morgan fingerprint density at radius 3 is 2.61 bits per heavy atom. The van der Waals surface area contributed by atoms with Crippen LogP contribution in [0, 0.1) is 11.8 Å². The molecule has 1 aliphatic heterocycles. The van der Waals surface area contributed by atoms with E-state index in [4.69, 9.17) is 4.74 Å². The lowest BCUT2D eigenvalue weighted by Crippen LogP contribution is -2.53. The number of nitrogens with zero attached hydrogens (tertiary/aromatic N) is 2. The lowest BCUT2D eigenvalue weighted by atomic mass is 9.82. The van der Waals surface area contributed by atoms with Gasteiger partial charge in [-0.1, -0.05) is 6.92 Å². The summed E-state index contributed by atoms with van der Waals surface area (Å²) in [7, 11) is 1.51. The number of carbonyl (C=O) groups is 2. The second kappa shape index (κ2) is 5.72. The van der Waals surface area contributed by atoms with Crippen molar-refractivity contribution in [2.75, 3.05) is 12.0 Å². The second-order valence-electron chi connectivity index (χ2n) is 6.26. The van der Waals surface area contributed by atoms with E-state index in [1.165, 1.54) is 7.11 Å². The molecule has 0 radical (unpaired) electrons. The Bertz CT molecular complexity index is 644. The van der Waals surface area contributed by atoms with Gasteiger partial charge in [0, 0.05) is 24.9 Å². The molecule has 1 aliphatic carbocycles. The molecule has 3 atom stereocenters. The highest BCUT2D eigenvalue weighted by Crippen LogP contribution is 2.48. The Morgan fingerprint density at radius 2 is 2.09 bits per heavy atom. The zero-order chi connectivity index (χ0) is 16.7. The molecule has 2 amide bonds. The number of pyridine rings is 1. The molecule has 2 N–H and O–H groups in total. The van der Waals surface area contributed by atoms with Crippen molar-refractivity contribution in [3.8, 4) is 5.88 Å². The highest BCUT2D eigenvalue weighted by molar-refractivity contribution is 5.94. The van der Waals surface area contributed by atoms with Crippen LogP contribution < -0.4 is 15.0 Å². The van der Waals surface area contributed by atoms with Crippen molar-refractivity contribution >= 4 is 17.7 Å². The van der Waals surface area contributed by atoms with E-state index < -0.39 is 12.1 Å². The van der Waals surface area contributed by atoms with E-state index in [-0.39, 0.29) is 17.9 Å². The Kier molecular flexibility index (Phi) is 3.87. The second-order valence-corrected chi connectivity index (χ2v) is 6.26. The van der Waals surface area contributed by atoms with Crippen LogP contribution in [0.5, 0.6) is 5.88 Å². The number of hydrogen-bond donors (Lipinski definition) is 2. The maximum Gasteiger partial charge on any atom is 0.405 e. The number of amides is 2. The van der Waals surface area contributed by atoms with E-state index in [2.05, 4.69) is 10.3 Å². The maximum atomic E-state index is 12.3. The van der Waals surface area contributed by atoms with Crippen LogP contribution >= 0.6 is 0 Å². The minimum absolute atomic E-state index is 0.00737. The van der Waals surface area contributed by atoms with Gasteiger partial charge < -0.3 is 20.1 Å². The molecule has 0 spiro atoms. The molecule has 124 valence electrons. The van der Waals surface area contributed by atoms with Gasteiger partial charge in [-0.25, -0.2) is 9.78 Å². The molecule has 0 aromatic carbocycles. The summed E-state index contributed by atoms with van der Waals surface area (Å²) in [5.74, 6) is 0.717. The molecule has 0 saturated heterocycles. The summed E-state index contributed by atoms with van der Waals surface area (Å²) >= 11 is 0. The fourth-order valence-electron chi connectivity index (χ4n) is 3.63. The van der Waals surface area contributed by atoms with Crippen molar-refractivity contribution in [2.24, 2.45) is 11.8 Å². The average Bonchev–Trinajstić information content (AvgIpc) is 3.32. The summed E-state index contributed by atoms with van der Waals surface area (Å²) in [4.78, 5) is 29.7. The van der Waals surface area contributed by atoms with Crippen molar-refractivity contribution in [1.29, 1.82) is 0 Å². The van der Waals surface area contributed by atoms with Gasteiger partial charge in [0.2, 0.25) is 11.8 Å². The van der Waals surface area contributed by atoms with Gasteiger partial charge in [-0.2, -0.15) is 0 Å². The molecule has 2 heterocycles. The Labute approximate surface area is 134 Å². The molecule has 3 rings (SSSR count). The van der Waals surface area contributed by atoms with Crippen LogP contribution in [0.25, 0.3) is 0 Å². The molecule has 1 fully saturated rings. The highest BCUT2D eigenvalue weighted by Gasteiger charge is 2.48. The first-order chi connectivity index (χ1) is 10.9. The molecule has 1 saturated carbocycles. The van der Waals surface area contributed by atoms with Crippen molar-refractivity contribution in [3.05, 3.63) is 17.8 Å². The van der Waals surface area contributed by atoms with E-state index >= 15 is 0 Å². The fraction of sp³-hybridized carbons (Fsp3) is 0.562. The molecule has 2 aliphatic rings. The summed E-state index contributed by atoms with van der Waals surface area (Å²) < 4.78 is 5.16. The number of methoxy groups -OCH3 is 1. The van der Waals surface area contributed by atoms with Gasteiger partial charge in [0.25, 0.3) is 0 Å². The molecular formula is C16H21N3O4. The van der Waals surface area contributed by atoms with E-state index in [1.54, 1.807) is 24.0 Å². The van der Waals surface area contributed by atoms with Gasteiger partial charge in [0.05, 0.1) is 24.5 Å². The molecule has 7 nitrogen and oxygen atoms in total. The van der Waals surface area contributed by atoms with Gasteiger partial charge in [0.1, 0.15) is 0 Å². The average molecular weight is 319 g/mol. The normalized spacial score (nSPS) is 26.4. The van der Waals surface area contributed by atoms with Gasteiger partial charge in [-0.3, -0.25) is 4.79 Å². The quantitative estimate of drug-likeness (QED) is 0.891. The fourth-order valence-corrected chi connectivity index (χ4v) is 3.63. The first-order valence-corrected chi connectivity index (χ1v) is 7.78. The van der Waals surface area contributed by atoms with E-state index in [0.717, 1.165) is 12.8 Å². The number of nitrogens with one attached hydrogen (secondary N) is 1.